The highest BCUT2D eigenvalue weighted by Crippen LogP contribution is 2.45. The molecule has 0 bridgehead atoms. The Kier molecular flexibility index (Phi) is 7.28. The molecule has 0 aliphatic heterocycles. The van der Waals surface area contributed by atoms with E-state index < -0.39 is 0 Å². The quantitative estimate of drug-likeness (QED) is 0.178. The Morgan fingerprint density at radius 2 is 1.38 bits per heavy atom. The molecule has 0 amide bonds. The van der Waals surface area contributed by atoms with Crippen LogP contribution in [-0.4, -0.2) is 15.0 Å². The Morgan fingerprint density at radius 1 is 0.567 bits per heavy atom. The highest BCUT2D eigenvalue weighted by molar-refractivity contribution is 7.25. The van der Waals surface area contributed by atoms with Crippen molar-refractivity contribution >= 4 is 82.1 Å². The molecule has 6 aromatic carbocycles. The zero-order chi connectivity index (χ0) is 39.5. The number of para-hydroxylation sites is 1. The fraction of sp³-hybridized carbons (Fsp3) is 0.0926. The Balaban J connectivity index is 1.06. The number of hydrogen-bond donors (Lipinski definition) is 0. The summed E-state index contributed by atoms with van der Waals surface area (Å²) >= 11 is 1.81. The van der Waals surface area contributed by atoms with Crippen LogP contribution in [0.25, 0.3) is 105 Å². The van der Waals surface area contributed by atoms with Crippen molar-refractivity contribution in [2.24, 2.45) is 11.8 Å². The normalized spacial score (nSPS) is 18.1. The van der Waals surface area contributed by atoms with E-state index in [1.807, 2.05) is 23.5 Å². The molecule has 3 atom stereocenters. The molecule has 5 nitrogen and oxygen atoms in total. The molecule has 3 unspecified atom stereocenters. The maximum atomic E-state index is 6.69. The number of furan rings is 2. The highest BCUT2D eigenvalue weighted by Gasteiger charge is 2.28. The average molecular weight is 790 g/mol. The van der Waals surface area contributed by atoms with Gasteiger partial charge in [-0.2, -0.15) is 0 Å². The van der Waals surface area contributed by atoms with Gasteiger partial charge >= 0.3 is 0 Å². The SMILES string of the molecule is CC1C=Cc2c(oc3cccc(-c4cc(-c5nc(C6=CC7C=Cc8ccccc8C7C=C6)nc(-c6ccc7sc8ccccc8c7c6)n5)c5c(c4)oc4ccccc45)c23)C1. The standard InChI is InChI=1S/C54H35N3O2S/c1-30-17-22-41-46(25-30)59-45-15-8-13-38(50(41)45)35-28-43(51-40-12-4-6-14-44(40)58-47(51)29-35)54-56-52(33-20-23-37-32(26-33)19-18-31-9-2-3-10-36(31)37)55-53(57-54)34-21-24-49-42(27-34)39-11-5-7-16-48(39)60-49/h2-24,26-30,32,37H,25H2,1H3. The van der Waals surface area contributed by atoms with Crippen LogP contribution >= 0.6 is 11.3 Å². The topological polar surface area (TPSA) is 65.0 Å². The smallest absolute Gasteiger partial charge is 0.164 e. The van der Waals surface area contributed by atoms with Crippen LogP contribution in [0.3, 0.4) is 0 Å². The van der Waals surface area contributed by atoms with Crippen molar-refractivity contribution in [2.75, 3.05) is 0 Å². The van der Waals surface area contributed by atoms with Gasteiger partial charge in [0.15, 0.2) is 17.5 Å². The molecule has 0 N–H and O–H groups in total. The van der Waals surface area contributed by atoms with E-state index in [2.05, 4.69) is 159 Å². The number of hydrogen-bond acceptors (Lipinski definition) is 6. The van der Waals surface area contributed by atoms with Crippen molar-refractivity contribution in [2.45, 2.75) is 19.3 Å². The van der Waals surface area contributed by atoms with Gasteiger partial charge in [0.05, 0.1) is 0 Å². The summed E-state index contributed by atoms with van der Waals surface area (Å²) in [5, 5.41) is 5.55. The van der Waals surface area contributed by atoms with E-state index in [4.69, 9.17) is 23.8 Å². The van der Waals surface area contributed by atoms with E-state index in [0.29, 0.717) is 23.4 Å². The first-order valence-electron chi connectivity index (χ1n) is 20.6. The zero-order valence-corrected chi connectivity index (χ0v) is 33.4. The maximum absolute atomic E-state index is 6.69. The van der Waals surface area contributed by atoms with Crippen molar-refractivity contribution in [3.8, 4) is 33.9 Å². The monoisotopic (exact) mass is 789 g/mol. The molecule has 4 heterocycles. The Hall–Kier alpha value is -7.15. The molecule has 0 spiro atoms. The highest BCUT2D eigenvalue weighted by atomic mass is 32.1. The van der Waals surface area contributed by atoms with Gasteiger partial charge in [0.25, 0.3) is 0 Å². The number of aromatic nitrogens is 3. The Bertz CT molecular complexity index is 3580. The number of rotatable bonds is 4. The molecular weight excluding hydrogens is 755 g/mol. The van der Waals surface area contributed by atoms with Crippen LogP contribution in [0.2, 0.25) is 0 Å². The molecule has 0 saturated heterocycles. The molecular formula is C54H35N3O2S. The van der Waals surface area contributed by atoms with E-state index in [9.17, 15) is 0 Å². The van der Waals surface area contributed by atoms with Gasteiger partial charge in [0, 0.05) is 76.9 Å². The first kappa shape index (κ1) is 33.8. The van der Waals surface area contributed by atoms with Crippen LogP contribution in [-0.2, 0) is 6.42 Å². The summed E-state index contributed by atoms with van der Waals surface area (Å²) in [6.07, 6.45) is 16.8. The third kappa shape index (κ3) is 5.20. The number of allylic oxidation sites excluding steroid dienone is 6. The molecule has 0 radical (unpaired) electrons. The Morgan fingerprint density at radius 3 is 2.35 bits per heavy atom. The van der Waals surface area contributed by atoms with E-state index in [1.165, 1.54) is 31.3 Å². The summed E-state index contributed by atoms with van der Waals surface area (Å²) in [4.78, 5) is 16.1. The summed E-state index contributed by atoms with van der Waals surface area (Å²) in [7, 11) is 0. The minimum atomic E-state index is 0.184. The minimum Gasteiger partial charge on any atom is -0.460 e. The summed E-state index contributed by atoms with van der Waals surface area (Å²) < 4.78 is 15.7. The second-order valence-electron chi connectivity index (χ2n) is 16.3. The summed E-state index contributed by atoms with van der Waals surface area (Å²) in [5.74, 6) is 3.77. The van der Waals surface area contributed by atoms with E-state index in [-0.39, 0.29) is 11.8 Å². The van der Waals surface area contributed by atoms with Gasteiger partial charge in [-0.25, -0.2) is 15.0 Å². The van der Waals surface area contributed by atoms with E-state index >= 15 is 0 Å². The molecule has 10 aromatic rings. The molecule has 6 heteroatoms. The second-order valence-corrected chi connectivity index (χ2v) is 17.4. The van der Waals surface area contributed by atoms with Gasteiger partial charge in [0.2, 0.25) is 0 Å². The van der Waals surface area contributed by atoms with Crippen molar-refractivity contribution in [1.82, 2.24) is 15.0 Å². The van der Waals surface area contributed by atoms with Gasteiger partial charge in [0.1, 0.15) is 22.5 Å². The van der Waals surface area contributed by atoms with Gasteiger partial charge in [-0.3, -0.25) is 0 Å². The number of nitrogens with zero attached hydrogens (tertiary/aromatic N) is 3. The molecule has 60 heavy (non-hydrogen) atoms. The zero-order valence-electron chi connectivity index (χ0n) is 32.6. The maximum Gasteiger partial charge on any atom is 0.164 e. The third-order valence-corrected chi connectivity index (χ3v) is 13.8. The van der Waals surface area contributed by atoms with Gasteiger partial charge in [-0.15, -0.1) is 11.3 Å². The molecule has 4 aromatic heterocycles. The number of benzene rings is 6. The second kappa shape index (κ2) is 12.9. The third-order valence-electron chi connectivity index (χ3n) is 12.6. The van der Waals surface area contributed by atoms with Gasteiger partial charge in [-0.05, 0) is 76.7 Å². The first-order valence-corrected chi connectivity index (χ1v) is 21.5. The lowest BCUT2D eigenvalue weighted by atomic mass is 9.76. The van der Waals surface area contributed by atoms with E-state index in [1.54, 1.807) is 0 Å². The van der Waals surface area contributed by atoms with Crippen LogP contribution in [0.1, 0.15) is 41.1 Å². The molecule has 3 aliphatic rings. The van der Waals surface area contributed by atoms with Gasteiger partial charge in [-0.1, -0.05) is 122 Å². The molecule has 0 fully saturated rings. The molecule has 284 valence electrons. The van der Waals surface area contributed by atoms with E-state index in [0.717, 1.165) is 78.5 Å². The number of thiophene rings is 1. The van der Waals surface area contributed by atoms with Crippen molar-refractivity contribution in [1.29, 1.82) is 0 Å². The lowest BCUT2D eigenvalue weighted by molar-refractivity contribution is 0.513. The van der Waals surface area contributed by atoms with Crippen molar-refractivity contribution in [3.63, 3.8) is 0 Å². The van der Waals surface area contributed by atoms with Crippen molar-refractivity contribution in [3.05, 3.63) is 180 Å². The fourth-order valence-electron chi connectivity index (χ4n) is 9.74. The molecule has 3 aliphatic carbocycles. The predicted molar refractivity (Wildman–Crippen MR) is 247 cm³/mol. The Labute approximate surface area is 349 Å². The first-order chi connectivity index (χ1) is 29.6. The lowest BCUT2D eigenvalue weighted by Gasteiger charge is -2.28. The molecule has 0 saturated carbocycles. The summed E-state index contributed by atoms with van der Waals surface area (Å²) in [6, 6.07) is 42.9. The van der Waals surface area contributed by atoms with Crippen LogP contribution < -0.4 is 0 Å². The summed E-state index contributed by atoms with van der Waals surface area (Å²) in [6.45, 7) is 2.23. The number of fused-ring (bicyclic) bond motifs is 12. The van der Waals surface area contributed by atoms with Crippen molar-refractivity contribution < 1.29 is 8.83 Å². The van der Waals surface area contributed by atoms with Crippen LogP contribution in [0.15, 0.2) is 161 Å². The lowest BCUT2D eigenvalue weighted by Crippen LogP contribution is -2.15. The largest absolute Gasteiger partial charge is 0.460 e. The fourth-order valence-corrected chi connectivity index (χ4v) is 10.8. The average Bonchev–Trinajstić information content (AvgIpc) is 3.99. The van der Waals surface area contributed by atoms with Crippen LogP contribution in [0.5, 0.6) is 0 Å². The minimum absolute atomic E-state index is 0.184. The van der Waals surface area contributed by atoms with Gasteiger partial charge < -0.3 is 8.83 Å². The molecule has 13 rings (SSSR count). The van der Waals surface area contributed by atoms with Crippen LogP contribution in [0, 0.1) is 11.8 Å². The predicted octanol–water partition coefficient (Wildman–Crippen LogP) is 14.5. The van der Waals surface area contributed by atoms with Crippen LogP contribution in [0.4, 0.5) is 0 Å². The summed E-state index contributed by atoms with van der Waals surface area (Å²) in [5.41, 5.74) is 11.2.